The van der Waals surface area contributed by atoms with Gasteiger partial charge in [-0.25, -0.2) is 4.79 Å². The lowest BCUT2D eigenvalue weighted by atomic mass is 10.1. The zero-order valence-electron chi connectivity index (χ0n) is 20.8. The number of carbonyl (C=O) groups excluding carboxylic acids is 3. The third kappa shape index (κ3) is 7.35. The summed E-state index contributed by atoms with van der Waals surface area (Å²) in [5.41, 5.74) is 2.59. The van der Waals surface area contributed by atoms with Gasteiger partial charge >= 0.3 is 5.97 Å². The maximum Gasteiger partial charge on any atom is 0.337 e. The van der Waals surface area contributed by atoms with Crippen molar-refractivity contribution in [2.24, 2.45) is 0 Å². The Morgan fingerprint density at radius 3 is 2.21 bits per heavy atom. The summed E-state index contributed by atoms with van der Waals surface area (Å²) >= 11 is 6.38. The Morgan fingerprint density at radius 2 is 1.61 bits per heavy atom. The van der Waals surface area contributed by atoms with E-state index in [2.05, 4.69) is 15.4 Å². The highest BCUT2D eigenvalue weighted by Gasteiger charge is 2.16. The van der Waals surface area contributed by atoms with Crippen LogP contribution in [0.5, 0.6) is 11.5 Å². The first-order valence-electron chi connectivity index (χ1n) is 11.2. The van der Waals surface area contributed by atoms with E-state index in [1.54, 1.807) is 12.1 Å². The minimum absolute atomic E-state index is 0.120. The van der Waals surface area contributed by atoms with Gasteiger partial charge in [0.15, 0.2) is 18.1 Å². The van der Waals surface area contributed by atoms with E-state index in [4.69, 9.17) is 21.1 Å². The maximum atomic E-state index is 12.6. The quantitative estimate of drug-likeness (QED) is 0.225. The molecule has 0 aliphatic rings. The van der Waals surface area contributed by atoms with Crippen LogP contribution in [0.2, 0.25) is 5.02 Å². The third-order valence-corrected chi connectivity index (χ3v) is 5.46. The average Bonchev–Trinajstić information content (AvgIpc) is 2.91. The Morgan fingerprint density at radius 1 is 0.974 bits per heavy atom. The minimum Gasteiger partial charge on any atom is -0.493 e. The molecule has 0 saturated heterocycles. The van der Waals surface area contributed by atoms with Gasteiger partial charge in [-0.1, -0.05) is 29.3 Å². The largest absolute Gasteiger partial charge is 0.493 e. The summed E-state index contributed by atoms with van der Waals surface area (Å²) in [6.45, 7) is 1.62. The van der Waals surface area contributed by atoms with Gasteiger partial charge in [0.1, 0.15) is 11.6 Å². The number of nitriles is 1. The van der Waals surface area contributed by atoms with Crippen LogP contribution in [0.25, 0.3) is 6.08 Å². The number of carbonyl (C=O) groups is 3. The summed E-state index contributed by atoms with van der Waals surface area (Å²) in [6, 6.07) is 18.2. The van der Waals surface area contributed by atoms with Crippen LogP contribution in [0.4, 0.5) is 11.4 Å². The number of methoxy groups -OCH3 is 2. The second kappa shape index (κ2) is 12.9. The Bertz CT molecular complexity index is 1410. The van der Waals surface area contributed by atoms with Crippen molar-refractivity contribution in [3.8, 4) is 17.6 Å². The Balaban J connectivity index is 1.71. The molecular formula is C28H24ClN3O6. The summed E-state index contributed by atoms with van der Waals surface area (Å²) in [7, 11) is 2.67. The molecule has 0 atom stereocenters. The van der Waals surface area contributed by atoms with E-state index in [0.717, 1.165) is 5.56 Å². The fraction of sp³-hybridized carbons (Fsp3) is 0.143. The number of halogens is 1. The van der Waals surface area contributed by atoms with Gasteiger partial charge in [-0.2, -0.15) is 5.26 Å². The minimum atomic E-state index is -0.665. The topological polar surface area (TPSA) is 127 Å². The number of anilines is 2. The number of esters is 1. The van der Waals surface area contributed by atoms with E-state index in [1.807, 2.05) is 25.1 Å². The highest BCUT2D eigenvalue weighted by molar-refractivity contribution is 6.32. The summed E-state index contributed by atoms with van der Waals surface area (Å²) in [6.07, 6.45) is 1.33. The molecule has 38 heavy (non-hydrogen) atoms. The molecule has 0 radical (unpaired) electrons. The number of ether oxygens (including phenoxy) is 3. The smallest absolute Gasteiger partial charge is 0.337 e. The van der Waals surface area contributed by atoms with E-state index >= 15 is 0 Å². The number of hydrogen-bond acceptors (Lipinski definition) is 7. The van der Waals surface area contributed by atoms with Crippen LogP contribution in [0.15, 0.2) is 66.2 Å². The van der Waals surface area contributed by atoms with E-state index in [0.29, 0.717) is 22.5 Å². The van der Waals surface area contributed by atoms with Crippen LogP contribution in [-0.2, 0) is 14.3 Å². The molecule has 0 unspecified atom stereocenters. The Kier molecular flexibility index (Phi) is 9.46. The second-order valence-electron chi connectivity index (χ2n) is 7.93. The first-order valence-corrected chi connectivity index (χ1v) is 11.6. The van der Waals surface area contributed by atoms with Gasteiger partial charge in [-0.15, -0.1) is 0 Å². The zero-order chi connectivity index (χ0) is 27.7. The van der Waals surface area contributed by atoms with Crippen molar-refractivity contribution >= 4 is 46.8 Å². The summed E-state index contributed by atoms with van der Waals surface area (Å²) < 4.78 is 15.6. The van der Waals surface area contributed by atoms with Crippen LogP contribution in [-0.4, -0.2) is 38.6 Å². The van der Waals surface area contributed by atoms with Gasteiger partial charge in [-0.3, -0.25) is 9.59 Å². The van der Waals surface area contributed by atoms with Gasteiger partial charge in [0.25, 0.3) is 11.8 Å². The normalized spacial score (nSPS) is 10.7. The first kappa shape index (κ1) is 27.8. The van der Waals surface area contributed by atoms with E-state index < -0.39 is 11.9 Å². The number of amides is 2. The van der Waals surface area contributed by atoms with Gasteiger partial charge in [0.2, 0.25) is 0 Å². The number of rotatable bonds is 9. The molecule has 9 nitrogen and oxygen atoms in total. The number of nitrogens with one attached hydrogen (secondary N) is 2. The lowest BCUT2D eigenvalue weighted by Crippen LogP contribution is -2.20. The van der Waals surface area contributed by atoms with Gasteiger partial charge < -0.3 is 24.8 Å². The van der Waals surface area contributed by atoms with Gasteiger partial charge in [-0.05, 0) is 67.1 Å². The highest BCUT2D eigenvalue weighted by atomic mass is 35.5. The van der Waals surface area contributed by atoms with Crippen molar-refractivity contribution in [2.75, 3.05) is 31.5 Å². The SMILES string of the molecule is COC(=O)c1ccc(NC(=O)/C(C#N)=C/c2cc(Cl)c(OCC(=O)Nc3ccc(C)cc3)c(OC)c2)cc1. The summed E-state index contributed by atoms with van der Waals surface area (Å²) in [4.78, 5) is 36.5. The number of aryl methyl sites for hydroxylation is 1. The van der Waals surface area contributed by atoms with Crippen molar-refractivity contribution in [3.63, 3.8) is 0 Å². The molecule has 0 aliphatic carbocycles. The molecule has 2 N–H and O–H groups in total. The summed E-state index contributed by atoms with van der Waals surface area (Å²) in [5.74, 6) is -1.21. The molecule has 2 amide bonds. The zero-order valence-corrected chi connectivity index (χ0v) is 21.6. The lowest BCUT2D eigenvalue weighted by molar-refractivity contribution is -0.118. The van der Waals surface area contributed by atoms with Crippen LogP contribution in [0, 0.1) is 18.3 Å². The van der Waals surface area contributed by atoms with Crippen LogP contribution in [0.1, 0.15) is 21.5 Å². The van der Waals surface area contributed by atoms with Crippen molar-refractivity contribution in [2.45, 2.75) is 6.92 Å². The molecule has 3 aromatic rings. The lowest BCUT2D eigenvalue weighted by Gasteiger charge is -2.13. The molecule has 3 rings (SSSR count). The predicted molar refractivity (Wildman–Crippen MR) is 143 cm³/mol. The Hall–Kier alpha value is -4.81. The third-order valence-electron chi connectivity index (χ3n) is 5.17. The first-order chi connectivity index (χ1) is 18.2. The molecule has 0 heterocycles. The molecule has 0 aromatic heterocycles. The predicted octanol–water partition coefficient (Wildman–Crippen LogP) is 5.01. The number of benzene rings is 3. The molecule has 3 aromatic carbocycles. The van der Waals surface area contributed by atoms with Crippen molar-refractivity contribution in [1.29, 1.82) is 5.26 Å². The van der Waals surface area contributed by atoms with Gasteiger partial charge in [0, 0.05) is 11.4 Å². The molecule has 194 valence electrons. The molecule has 0 bridgehead atoms. The van der Waals surface area contributed by atoms with Crippen molar-refractivity contribution in [1.82, 2.24) is 0 Å². The molecule has 0 fully saturated rings. The van der Waals surface area contributed by atoms with Crippen molar-refractivity contribution in [3.05, 3.63) is 87.9 Å². The maximum absolute atomic E-state index is 12.6. The molecule has 0 spiro atoms. The van der Waals surface area contributed by atoms with Crippen LogP contribution < -0.4 is 20.1 Å². The van der Waals surface area contributed by atoms with Crippen LogP contribution >= 0.6 is 11.6 Å². The Labute approximate surface area is 224 Å². The molecule has 0 saturated carbocycles. The van der Waals surface area contributed by atoms with E-state index in [1.165, 1.54) is 56.7 Å². The standard InChI is InChI=1S/C28H24ClN3O6/c1-17-4-8-21(9-5-17)31-25(33)16-38-26-23(29)13-18(14-24(26)36-2)12-20(15-30)27(34)32-22-10-6-19(7-11-22)28(35)37-3/h4-14H,16H2,1-3H3,(H,31,33)(H,32,34)/b20-12+. The molecular weight excluding hydrogens is 510 g/mol. The van der Waals surface area contributed by atoms with E-state index in [9.17, 15) is 19.6 Å². The molecule has 10 heteroatoms. The van der Waals surface area contributed by atoms with Gasteiger partial charge in [0.05, 0.1) is 24.8 Å². The second-order valence-corrected chi connectivity index (χ2v) is 8.34. The fourth-order valence-electron chi connectivity index (χ4n) is 3.26. The monoisotopic (exact) mass is 533 g/mol. The van der Waals surface area contributed by atoms with E-state index in [-0.39, 0.29) is 34.6 Å². The number of hydrogen-bond donors (Lipinski definition) is 2. The highest BCUT2D eigenvalue weighted by Crippen LogP contribution is 2.37. The molecule has 0 aliphatic heterocycles. The summed E-state index contributed by atoms with van der Waals surface area (Å²) in [5, 5.41) is 15.0. The number of nitrogens with zero attached hydrogens (tertiary/aromatic N) is 1. The average molecular weight is 534 g/mol. The van der Waals surface area contributed by atoms with Crippen LogP contribution in [0.3, 0.4) is 0 Å². The van der Waals surface area contributed by atoms with Crippen molar-refractivity contribution < 1.29 is 28.6 Å². The fourth-order valence-corrected chi connectivity index (χ4v) is 3.53.